The molecule has 1 N–H and O–H groups in total. The van der Waals surface area contributed by atoms with Crippen LogP contribution in [0.2, 0.25) is 5.02 Å². The lowest BCUT2D eigenvalue weighted by Crippen LogP contribution is -2.22. The highest BCUT2D eigenvalue weighted by Gasteiger charge is 2.35. The van der Waals surface area contributed by atoms with Crippen LogP contribution in [-0.2, 0) is 11.2 Å². The van der Waals surface area contributed by atoms with E-state index in [1.54, 1.807) is 12.1 Å². The lowest BCUT2D eigenvalue weighted by molar-refractivity contribution is -0.142. The molecule has 1 aromatic heterocycles. The first-order valence-electron chi connectivity index (χ1n) is 6.17. The Morgan fingerprint density at radius 2 is 2.10 bits per heavy atom. The molecule has 3 rings (SSSR count). The Bertz CT molecular complexity index is 653. The summed E-state index contributed by atoms with van der Waals surface area (Å²) in [7, 11) is 0. The normalized spacial score (nSPS) is 21.5. The van der Waals surface area contributed by atoms with E-state index in [0.29, 0.717) is 23.6 Å². The molecule has 0 radical (unpaired) electrons. The van der Waals surface area contributed by atoms with E-state index in [1.807, 2.05) is 12.1 Å². The van der Waals surface area contributed by atoms with Crippen LogP contribution in [0.25, 0.3) is 11.3 Å². The maximum Gasteiger partial charge on any atom is 0.307 e. The predicted molar refractivity (Wildman–Crippen MR) is 78.1 cm³/mol. The number of fused-ring (bicyclic) bond motifs is 1. The molecule has 2 aromatic rings. The summed E-state index contributed by atoms with van der Waals surface area (Å²) < 4.78 is 5.35. The van der Waals surface area contributed by atoms with Gasteiger partial charge in [0.15, 0.2) is 0 Å². The minimum Gasteiger partial charge on any atom is -0.481 e. The molecule has 1 aliphatic rings. The Morgan fingerprint density at radius 1 is 1.40 bits per heavy atom. The van der Waals surface area contributed by atoms with Crippen molar-refractivity contribution in [3.05, 3.63) is 40.6 Å². The fourth-order valence-electron chi connectivity index (χ4n) is 2.48. The van der Waals surface area contributed by atoms with E-state index in [0.717, 1.165) is 16.8 Å². The molecule has 104 valence electrons. The van der Waals surface area contributed by atoms with Gasteiger partial charge in [0, 0.05) is 27.4 Å². The molecule has 0 fully saturated rings. The highest BCUT2D eigenvalue weighted by Crippen LogP contribution is 2.43. The van der Waals surface area contributed by atoms with Gasteiger partial charge < -0.3 is 9.63 Å². The van der Waals surface area contributed by atoms with Gasteiger partial charge in [-0.1, -0.05) is 44.8 Å². The summed E-state index contributed by atoms with van der Waals surface area (Å²) in [4.78, 5) is 11.1. The van der Waals surface area contributed by atoms with E-state index in [9.17, 15) is 4.79 Å². The first-order valence-corrected chi connectivity index (χ1v) is 7.47. The number of rotatable bonds is 2. The molecule has 0 amide bonds. The van der Waals surface area contributed by atoms with Crippen molar-refractivity contribution in [3.8, 4) is 11.3 Å². The van der Waals surface area contributed by atoms with Crippen LogP contribution >= 0.6 is 27.5 Å². The number of aliphatic carboxylic acids is 1. The van der Waals surface area contributed by atoms with Crippen molar-refractivity contribution in [1.29, 1.82) is 0 Å². The molecular formula is C14H11BrClNO3. The zero-order valence-corrected chi connectivity index (χ0v) is 12.7. The second-order valence-electron chi connectivity index (χ2n) is 4.82. The maximum atomic E-state index is 11.1. The summed E-state index contributed by atoms with van der Waals surface area (Å²) in [5.41, 5.74) is 2.62. The van der Waals surface area contributed by atoms with Gasteiger partial charge in [-0.3, -0.25) is 4.79 Å². The Morgan fingerprint density at radius 3 is 2.75 bits per heavy atom. The zero-order valence-electron chi connectivity index (χ0n) is 10.3. The largest absolute Gasteiger partial charge is 0.481 e. The van der Waals surface area contributed by atoms with Gasteiger partial charge in [0.2, 0.25) is 0 Å². The second-order valence-corrected chi connectivity index (χ2v) is 6.36. The van der Waals surface area contributed by atoms with Gasteiger partial charge in [0.25, 0.3) is 0 Å². The van der Waals surface area contributed by atoms with E-state index in [1.165, 1.54) is 0 Å². The third kappa shape index (κ3) is 2.36. The Balaban J connectivity index is 2.01. The van der Waals surface area contributed by atoms with Crippen LogP contribution in [0.5, 0.6) is 0 Å². The highest BCUT2D eigenvalue weighted by molar-refractivity contribution is 9.09. The van der Waals surface area contributed by atoms with Crippen LogP contribution < -0.4 is 0 Å². The molecule has 0 aliphatic heterocycles. The first-order chi connectivity index (χ1) is 9.56. The van der Waals surface area contributed by atoms with Crippen LogP contribution in [0.3, 0.4) is 0 Å². The second kappa shape index (κ2) is 5.22. The van der Waals surface area contributed by atoms with E-state index in [4.69, 9.17) is 21.2 Å². The van der Waals surface area contributed by atoms with Gasteiger partial charge >= 0.3 is 5.97 Å². The molecule has 1 aromatic carbocycles. The SMILES string of the molecule is O=C(O)[C@H]1Cc2onc(-c3ccc(Cl)cc3)c2[C@H](Br)C1. The smallest absolute Gasteiger partial charge is 0.307 e. The van der Waals surface area contributed by atoms with Crippen molar-refractivity contribution < 1.29 is 14.4 Å². The third-order valence-electron chi connectivity index (χ3n) is 3.51. The van der Waals surface area contributed by atoms with Crippen LogP contribution in [0.1, 0.15) is 22.6 Å². The molecule has 2 atom stereocenters. The molecule has 0 saturated heterocycles. The van der Waals surface area contributed by atoms with Gasteiger partial charge in [-0.25, -0.2) is 0 Å². The van der Waals surface area contributed by atoms with Crippen molar-refractivity contribution in [2.75, 3.05) is 0 Å². The topological polar surface area (TPSA) is 63.3 Å². The number of aromatic nitrogens is 1. The van der Waals surface area contributed by atoms with E-state index >= 15 is 0 Å². The minimum absolute atomic E-state index is 0.0655. The lowest BCUT2D eigenvalue weighted by Gasteiger charge is -2.21. The summed E-state index contributed by atoms with van der Waals surface area (Å²) in [6.45, 7) is 0. The van der Waals surface area contributed by atoms with Crippen LogP contribution in [0.15, 0.2) is 28.8 Å². The summed E-state index contributed by atoms with van der Waals surface area (Å²) in [5, 5.41) is 13.9. The summed E-state index contributed by atoms with van der Waals surface area (Å²) in [5.74, 6) is -0.585. The summed E-state index contributed by atoms with van der Waals surface area (Å²) in [6, 6.07) is 7.35. The number of nitrogens with zero attached hydrogens (tertiary/aromatic N) is 1. The minimum atomic E-state index is -0.801. The van der Waals surface area contributed by atoms with Crippen LogP contribution in [-0.4, -0.2) is 16.2 Å². The molecule has 0 bridgehead atoms. The number of carboxylic acids is 1. The zero-order chi connectivity index (χ0) is 14.3. The number of carbonyl (C=O) groups is 1. The van der Waals surface area contributed by atoms with E-state index < -0.39 is 11.9 Å². The third-order valence-corrected chi connectivity index (χ3v) is 4.59. The highest BCUT2D eigenvalue weighted by atomic mass is 79.9. The molecule has 0 saturated carbocycles. The number of benzene rings is 1. The number of halogens is 2. The van der Waals surface area contributed by atoms with Crippen LogP contribution in [0.4, 0.5) is 0 Å². The summed E-state index contributed by atoms with van der Waals surface area (Å²) in [6.07, 6.45) is 0.914. The van der Waals surface area contributed by atoms with Gasteiger partial charge in [0.1, 0.15) is 11.5 Å². The van der Waals surface area contributed by atoms with Crippen molar-refractivity contribution in [3.63, 3.8) is 0 Å². The fourth-order valence-corrected chi connectivity index (χ4v) is 3.53. The first kappa shape index (κ1) is 13.6. The molecule has 6 heteroatoms. The average Bonchev–Trinajstić information content (AvgIpc) is 2.84. The van der Waals surface area contributed by atoms with Gasteiger partial charge in [0.05, 0.1) is 5.92 Å². The predicted octanol–water partition coefficient (Wildman–Crippen LogP) is 4.08. The number of hydrogen-bond donors (Lipinski definition) is 1. The fraction of sp³-hybridized carbons (Fsp3) is 0.286. The quantitative estimate of drug-likeness (QED) is 0.824. The van der Waals surface area contributed by atoms with Gasteiger partial charge in [-0.05, 0) is 18.6 Å². The van der Waals surface area contributed by atoms with Crippen molar-refractivity contribution in [1.82, 2.24) is 5.16 Å². The van der Waals surface area contributed by atoms with Crippen molar-refractivity contribution in [2.24, 2.45) is 5.92 Å². The molecular weight excluding hydrogens is 346 g/mol. The Labute approximate surface area is 128 Å². The molecule has 4 nitrogen and oxygen atoms in total. The molecule has 20 heavy (non-hydrogen) atoms. The van der Waals surface area contributed by atoms with E-state index in [-0.39, 0.29) is 4.83 Å². The van der Waals surface area contributed by atoms with Gasteiger partial charge in [-0.2, -0.15) is 0 Å². The summed E-state index contributed by atoms with van der Waals surface area (Å²) >= 11 is 9.43. The number of carboxylic acid groups (broad SMARTS) is 1. The molecule has 1 aliphatic carbocycles. The number of alkyl halides is 1. The molecule has 1 heterocycles. The Hall–Kier alpha value is -1.33. The number of hydrogen-bond acceptors (Lipinski definition) is 3. The van der Waals surface area contributed by atoms with Gasteiger partial charge in [-0.15, -0.1) is 0 Å². The molecule has 0 spiro atoms. The monoisotopic (exact) mass is 355 g/mol. The maximum absolute atomic E-state index is 11.1. The lowest BCUT2D eigenvalue weighted by atomic mass is 9.86. The van der Waals surface area contributed by atoms with Crippen molar-refractivity contribution in [2.45, 2.75) is 17.7 Å². The van der Waals surface area contributed by atoms with E-state index in [2.05, 4.69) is 21.1 Å². The molecule has 0 unspecified atom stereocenters. The van der Waals surface area contributed by atoms with Crippen molar-refractivity contribution >= 4 is 33.5 Å². The standard InChI is InChI=1S/C14H11BrClNO3/c15-10-5-8(14(18)19)6-11-12(10)13(17-20-11)7-1-3-9(16)4-2-7/h1-4,8,10H,5-6H2,(H,18,19)/t8-,10-/m1/s1. The Kier molecular flexibility index (Phi) is 3.56. The average molecular weight is 357 g/mol. The van der Waals surface area contributed by atoms with Crippen LogP contribution in [0, 0.1) is 5.92 Å².